The van der Waals surface area contributed by atoms with Gasteiger partial charge in [-0.15, -0.1) is 0 Å². The van der Waals surface area contributed by atoms with Crippen LogP contribution in [0.5, 0.6) is 0 Å². The number of carbonyl (C=O) groups excluding carboxylic acids is 1. The van der Waals surface area contributed by atoms with E-state index in [9.17, 15) is 45.6 Å². The van der Waals surface area contributed by atoms with Crippen molar-refractivity contribution in [2.24, 2.45) is 0 Å². The van der Waals surface area contributed by atoms with Crippen molar-refractivity contribution in [3.8, 4) is 0 Å². The van der Waals surface area contributed by atoms with Crippen LogP contribution in [0.15, 0.2) is 97.2 Å². The fourth-order valence-corrected chi connectivity index (χ4v) is 9.01. The van der Waals surface area contributed by atoms with Crippen molar-refractivity contribution in [1.29, 1.82) is 0 Å². The molecule has 14 nitrogen and oxygen atoms in total. The van der Waals surface area contributed by atoms with Gasteiger partial charge in [-0.3, -0.25) is 4.79 Å². The maximum Gasteiger partial charge on any atom is 0.220 e. The Labute approximate surface area is 458 Å². The van der Waals surface area contributed by atoms with Crippen LogP contribution in [0, 0.1) is 0 Å². The predicted octanol–water partition coefficient (Wildman–Crippen LogP) is 9.89. The maximum atomic E-state index is 13.2. The van der Waals surface area contributed by atoms with Gasteiger partial charge >= 0.3 is 0 Å². The molecule has 12 atom stereocenters. The van der Waals surface area contributed by atoms with E-state index in [1.165, 1.54) is 83.5 Å². The minimum Gasteiger partial charge on any atom is -0.394 e. The third-order valence-corrected chi connectivity index (χ3v) is 13.8. The van der Waals surface area contributed by atoms with Gasteiger partial charge in [0.15, 0.2) is 12.6 Å². The molecule has 0 bridgehead atoms. The number of ether oxygens (including phenoxy) is 4. The zero-order chi connectivity index (χ0) is 55.3. The normalized spacial score (nSPS) is 25.6. The maximum absolute atomic E-state index is 13.2. The molecule has 0 radical (unpaired) electrons. The molecule has 12 unspecified atom stereocenters. The fourth-order valence-electron chi connectivity index (χ4n) is 9.01. The van der Waals surface area contributed by atoms with Crippen LogP contribution in [0.4, 0.5) is 0 Å². The largest absolute Gasteiger partial charge is 0.394 e. The second kappa shape index (κ2) is 46.8. The van der Waals surface area contributed by atoms with Gasteiger partial charge in [-0.1, -0.05) is 201 Å². The highest BCUT2D eigenvalue weighted by Gasteiger charge is 2.51. The Bertz CT molecular complexity index is 1640. The Kier molecular flexibility index (Phi) is 42.5. The van der Waals surface area contributed by atoms with E-state index < -0.39 is 86.8 Å². The van der Waals surface area contributed by atoms with Crippen LogP contribution in [0.2, 0.25) is 0 Å². The Morgan fingerprint density at radius 1 is 0.487 bits per heavy atom. The molecule has 2 fully saturated rings. The van der Waals surface area contributed by atoms with E-state index >= 15 is 0 Å². The van der Waals surface area contributed by atoms with E-state index in [1.54, 1.807) is 6.08 Å². The first-order valence-corrected chi connectivity index (χ1v) is 29.5. The lowest BCUT2D eigenvalue weighted by Crippen LogP contribution is -2.65. The molecule has 0 aromatic rings. The lowest BCUT2D eigenvalue weighted by molar-refractivity contribution is -0.359. The number of aliphatic hydroxyl groups is 8. The molecule has 0 saturated carbocycles. The number of hydrogen-bond donors (Lipinski definition) is 9. The zero-order valence-electron chi connectivity index (χ0n) is 46.7. The van der Waals surface area contributed by atoms with E-state index in [0.717, 1.165) is 77.0 Å². The molecule has 0 aromatic heterocycles. The molecule has 9 N–H and O–H groups in total. The number of nitrogens with one attached hydrogen (secondary N) is 1. The van der Waals surface area contributed by atoms with Gasteiger partial charge in [0.25, 0.3) is 0 Å². The molecule has 0 spiro atoms. The number of aliphatic hydroxyl groups excluding tert-OH is 8. The van der Waals surface area contributed by atoms with Crippen LogP contribution in [-0.2, 0) is 23.7 Å². The summed E-state index contributed by atoms with van der Waals surface area (Å²) in [5.41, 5.74) is 0. The molecule has 1 amide bonds. The summed E-state index contributed by atoms with van der Waals surface area (Å²) in [6, 6.07) is -0.952. The van der Waals surface area contributed by atoms with Crippen molar-refractivity contribution in [3.05, 3.63) is 97.2 Å². The van der Waals surface area contributed by atoms with Crippen LogP contribution in [0.3, 0.4) is 0 Å². The van der Waals surface area contributed by atoms with Gasteiger partial charge < -0.3 is 65.1 Å². The van der Waals surface area contributed by atoms with Crippen molar-refractivity contribution in [2.75, 3.05) is 19.8 Å². The van der Waals surface area contributed by atoms with E-state index in [0.29, 0.717) is 12.8 Å². The van der Waals surface area contributed by atoms with Crippen molar-refractivity contribution in [3.63, 3.8) is 0 Å². The van der Waals surface area contributed by atoms with Gasteiger partial charge in [0.1, 0.15) is 48.8 Å². The summed E-state index contributed by atoms with van der Waals surface area (Å²) in [6.45, 7) is 2.64. The molecule has 2 saturated heterocycles. The minimum absolute atomic E-state index is 0.238. The minimum atomic E-state index is -1.80. The lowest BCUT2D eigenvalue weighted by atomic mass is 9.97. The Balaban J connectivity index is 1.81. The fraction of sp³-hybridized carbons (Fsp3) is 0.726. The van der Waals surface area contributed by atoms with E-state index in [1.807, 2.05) is 6.08 Å². The average molecular weight is 1070 g/mol. The summed E-state index contributed by atoms with van der Waals surface area (Å²) in [6.07, 6.45) is 47.2. The van der Waals surface area contributed by atoms with Crippen molar-refractivity contribution < 1.29 is 64.6 Å². The standard InChI is InChI=1S/C62H105NO13/c1-3-5-7-9-11-13-15-17-19-21-23-24-25-26-28-30-32-34-36-38-40-42-44-46-54(67)63-50(51(66)45-43-41-39-37-35-33-31-29-27-22-20-18-16-14-12-10-8-6-4-2)49-73-61-59(72)57(70)60(53(48-65)75-61)76-62-58(71)56(69)55(68)52(47-64)74-62/h5,7,11,13,17,19,23-24,26,28,32,34-35,37,43,45,50-53,55-62,64-66,68-72H,3-4,6,8-10,12,14-16,18,20-22,25,27,29-31,33,36,38-42,44,46-49H2,1-2H3,(H,63,67)/b7-5-,13-11-,19-17-,24-23-,28-26-,34-32-,37-35+,45-43+. The quantitative estimate of drug-likeness (QED) is 0.0205. The molecular weight excluding hydrogens is 967 g/mol. The van der Waals surface area contributed by atoms with Crippen molar-refractivity contribution >= 4 is 5.91 Å². The predicted molar refractivity (Wildman–Crippen MR) is 304 cm³/mol. The molecule has 0 aromatic carbocycles. The Hall–Kier alpha value is -3.09. The highest BCUT2D eigenvalue weighted by Crippen LogP contribution is 2.30. The van der Waals surface area contributed by atoms with Gasteiger partial charge in [0.05, 0.1) is 32.0 Å². The SMILES string of the molecule is CC/C=C\C/C=C\C/C=C\C/C=C\C/C=C\C/C=C\CCCCCCC(=O)NC(COC1OC(CO)C(OC2OC(CO)C(O)C(O)C2O)C(O)C1O)C(O)/C=C/CC/C=C/CCCCCCCCCCCCCCC. The first-order chi connectivity index (χ1) is 37.1. The van der Waals surface area contributed by atoms with Crippen LogP contribution in [-0.4, -0.2) is 140 Å². The number of carbonyl (C=O) groups is 1. The summed E-state index contributed by atoms with van der Waals surface area (Å²) in [7, 11) is 0. The van der Waals surface area contributed by atoms with Gasteiger partial charge in [-0.25, -0.2) is 0 Å². The topological polar surface area (TPSA) is 228 Å². The van der Waals surface area contributed by atoms with E-state index in [4.69, 9.17) is 18.9 Å². The molecule has 2 aliphatic rings. The average Bonchev–Trinajstić information content (AvgIpc) is 3.42. The summed E-state index contributed by atoms with van der Waals surface area (Å²) in [4.78, 5) is 13.2. The summed E-state index contributed by atoms with van der Waals surface area (Å²) in [5, 5.41) is 87.0. The van der Waals surface area contributed by atoms with Crippen LogP contribution in [0.25, 0.3) is 0 Å². The molecule has 2 aliphatic heterocycles. The number of rotatable bonds is 45. The number of unbranched alkanes of at least 4 members (excludes halogenated alkanes) is 18. The molecule has 0 aliphatic carbocycles. The van der Waals surface area contributed by atoms with Gasteiger partial charge in [-0.2, -0.15) is 0 Å². The summed E-state index contributed by atoms with van der Waals surface area (Å²) >= 11 is 0. The number of amides is 1. The van der Waals surface area contributed by atoms with Gasteiger partial charge in [-0.05, 0) is 83.5 Å². The van der Waals surface area contributed by atoms with Crippen LogP contribution < -0.4 is 5.32 Å². The first kappa shape index (κ1) is 69.0. The second-order valence-electron chi connectivity index (χ2n) is 20.4. The van der Waals surface area contributed by atoms with Crippen molar-refractivity contribution in [1.82, 2.24) is 5.32 Å². The second-order valence-corrected chi connectivity index (χ2v) is 20.4. The molecule has 14 heteroatoms. The third kappa shape index (κ3) is 32.1. The molecule has 76 heavy (non-hydrogen) atoms. The highest BCUT2D eigenvalue weighted by atomic mass is 16.7. The molecule has 2 heterocycles. The Morgan fingerprint density at radius 2 is 0.921 bits per heavy atom. The van der Waals surface area contributed by atoms with Gasteiger partial charge in [0, 0.05) is 6.42 Å². The first-order valence-electron chi connectivity index (χ1n) is 29.5. The monoisotopic (exact) mass is 1070 g/mol. The van der Waals surface area contributed by atoms with Gasteiger partial charge in [0.2, 0.25) is 5.91 Å². The summed E-state index contributed by atoms with van der Waals surface area (Å²) in [5.74, 6) is -0.277. The number of allylic oxidation sites excluding steroid dienone is 15. The third-order valence-electron chi connectivity index (χ3n) is 13.8. The molecule has 436 valence electrons. The molecular formula is C62H105NO13. The lowest BCUT2D eigenvalue weighted by Gasteiger charge is -2.46. The van der Waals surface area contributed by atoms with Crippen LogP contribution in [0.1, 0.15) is 194 Å². The zero-order valence-corrected chi connectivity index (χ0v) is 46.7. The van der Waals surface area contributed by atoms with Crippen molar-refractivity contribution in [2.45, 2.75) is 267 Å². The van der Waals surface area contributed by atoms with Crippen LogP contribution >= 0.6 is 0 Å². The molecule has 2 rings (SSSR count). The Morgan fingerprint density at radius 3 is 1.45 bits per heavy atom. The smallest absolute Gasteiger partial charge is 0.220 e. The summed E-state index contributed by atoms with van der Waals surface area (Å²) < 4.78 is 22.7. The van der Waals surface area contributed by atoms with E-state index in [-0.39, 0.29) is 18.9 Å². The number of hydrogen-bond acceptors (Lipinski definition) is 13. The van der Waals surface area contributed by atoms with E-state index in [2.05, 4.69) is 104 Å². The highest BCUT2D eigenvalue weighted by molar-refractivity contribution is 5.76.